The number of amides is 1. The third-order valence-electron chi connectivity index (χ3n) is 4.39. The molecular formula is C18H29ClN2O2. The summed E-state index contributed by atoms with van der Waals surface area (Å²) < 4.78 is 5.86. The molecule has 1 aromatic rings. The van der Waals surface area contributed by atoms with Crippen LogP contribution in [0.2, 0.25) is 0 Å². The van der Waals surface area contributed by atoms with E-state index in [0.717, 1.165) is 30.7 Å². The largest absolute Gasteiger partial charge is 0.399 e. The molecule has 1 aliphatic rings. The fourth-order valence-corrected chi connectivity index (χ4v) is 3.16. The van der Waals surface area contributed by atoms with E-state index in [1.807, 2.05) is 24.3 Å². The molecule has 2 unspecified atom stereocenters. The van der Waals surface area contributed by atoms with Gasteiger partial charge < -0.3 is 15.8 Å². The zero-order valence-corrected chi connectivity index (χ0v) is 14.9. The zero-order valence-electron chi connectivity index (χ0n) is 14.1. The highest BCUT2D eigenvalue weighted by Gasteiger charge is 2.28. The molecule has 0 spiro atoms. The predicted octanol–water partition coefficient (Wildman–Crippen LogP) is 3.19. The van der Waals surface area contributed by atoms with Crippen molar-refractivity contribution < 1.29 is 9.53 Å². The molecule has 1 aliphatic heterocycles. The Morgan fingerprint density at radius 1 is 1.39 bits per heavy atom. The SMILES string of the molecule is CC(C)C1OCCCC1CNC(=O)CCc1ccccc1N.Cl. The third-order valence-corrected chi connectivity index (χ3v) is 4.39. The first-order valence-corrected chi connectivity index (χ1v) is 8.29. The van der Waals surface area contributed by atoms with Gasteiger partial charge in [-0.2, -0.15) is 0 Å². The Morgan fingerprint density at radius 3 is 2.83 bits per heavy atom. The first-order chi connectivity index (χ1) is 10.6. The van der Waals surface area contributed by atoms with E-state index >= 15 is 0 Å². The second-order valence-corrected chi connectivity index (χ2v) is 6.48. The highest BCUT2D eigenvalue weighted by molar-refractivity contribution is 5.85. The lowest BCUT2D eigenvalue weighted by Gasteiger charge is -2.34. The quantitative estimate of drug-likeness (QED) is 0.782. The number of carbonyl (C=O) groups is 1. The molecule has 4 nitrogen and oxygen atoms in total. The van der Waals surface area contributed by atoms with Gasteiger partial charge in [0.05, 0.1) is 6.10 Å². The summed E-state index contributed by atoms with van der Waals surface area (Å²) in [5.41, 5.74) is 7.70. The maximum absolute atomic E-state index is 12.1. The number of halogens is 1. The van der Waals surface area contributed by atoms with Crippen molar-refractivity contribution in [1.82, 2.24) is 5.32 Å². The van der Waals surface area contributed by atoms with Gasteiger partial charge in [0.15, 0.2) is 0 Å². The standard InChI is InChI=1S/C18H28N2O2.ClH/c1-13(2)18-15(7-5-11-22-18)12-20-17(21)10-9-14-6-3-4-8-16(14)19;/h3-4,6,8,13,15,18H,5,7,9-12,19H2,1-2H3,(H,20,21);1H. The van der Waals surface area contributed by atoms with E-state index in [1.54, 1.807) is 0 Å². The molecule has 2 atom stereocenters. The van der Waals surface area contributed by atoms with Crippen molar-refractivity contribution in [1.29, 1.82) is 0 Å². The highest BCUT2D eigenvalue weighted by Crippen LogP contribution is 2.25. The molecule has 0 aliphatic carbocycles. The van der Waals surface area contributed by atoms with Gasteiger partial charge in [0, 0.05) is 31.2 Å². The van der Waals surface area contributed by atoms with E-state index in [2.05, 4.69) is 19.2 Å². The maximum Gasteiger partial charge on any atom is 0.220 e. The van der Waals surface area contributed by atoms with Gasteiger partial charge >= 0.3 is 0 Å². The molecule has 1 heterocycles. The lowest BCUT2D eigenvalue weighted by atomic mass is 9.87. The summed E-state index contributed by atoms with van der Waals surface area (Å²) in [6, 6.07) is 7.72. The van der Waals surface area contributed by atoms with E-state index in [4.69, 9.17) is 10.5 Å². The fourth-order valence-electron chi connectivity index (χ4n) is 3.16. The van der Waals surface area contributed by atoms with Crippen molar-refractivity contribution in [3.05, 3.63) is 29.8 Å². The lowest BCUT2D eigenvalue weighted by Crippen LogP contribution is -2.41. The van der Waals surface area contributed by atoms with Gasteiger partial charge in [0.1, 0.15) is 0 Å². The Hall–Kier alpha value is -1.26. The molecule has 0 saturated carbocycles. The number of rotatable bonds is 6. The van der Waals surface area contributed by atoms with Crippen molar-refractivity contribution in [2.24, 2.45) is 11.8 Å². The number of hydrogen-bond donors (Lipinski definition) is 2. The van der Waals surface area contributed by atoms with Gasteiger partial charge in [-0.3, -0.25) is 4.79 Å². The highest BCUT2D eigenvalue weighted by atomic mass is 35.5. The van der Waals surface area contributed by atoms with Crippen LogP contribution in [-0.2, 0) is 16.0 Å². The molecule has 0 bridgehead atoms. The maximum atomic E-state index is 12.1. The summed E-state index contributed by atoms with van der Waals surface area (Å²) in [5, 5.41) is 3.07. The Bertz CT molecular complexity index is 494. The van der Waals surface area contributed by atoms with Crippen LogP contribution >= 0.6 is 12.4 Å². The minimum absolute atomic E-state index is 0. The first-order valence-electron chi connectivity index (χ1n) is 8.29. The summed E-state index contributed by atoms with van der Waals surface area (Å²) in [6.45, 7) is 5.93. The van der Waals surface area contributed by atoms with Gasteiger partial charge in [-0.05, 0) is 36.8 Å². The van der Waals surface area contributed by atoms with Crippen LogP contribution in [0.25, 0.3) is 0 Å². The summed E-state index contributed by atoms with van der Waals surface area (Å²) >= 11 is 0. The normalized spacial score (nSPS) is 20.8. The summed E-state index contributed by atoms with van der Waals surface area (Å²) in [5.74, 6) is 1.02. The lowest BCUT2D eigenvalue weighted by molar-refractivity contribution is -0.122. The molecular weight excluding hydrogens is 312 g/mol. The monoisotopic (exact) mass is 340 g/mol. The van der Waals surface area contributed by atoms with Crippen LogP contribution in [-0.4, -0.2) is 25.2 Å². The van der Waals surface area contributed by atoms with E-state index in [0.29, 0.717) is 31.2 Å². The second kappa shape index (κ2) is 9.78. The number of aryl methyl sites for hydroxylation is 1. The van der Waals surface area contributed by atoms with Crippen LogP contribution in [0.15, 0.2) is 24.3 Å². The van der Waals surface area contributed by atoms with Crippen LogP contribution in [0.4, 0.5) is 5.69 Å². The van der Waals surface area contributed by atoms with Gasteiger partial charge in [0.25, 0.3) is 0 Å². The van der Waals surface area contributed by atoms with Crippen LogP contribution in [0.5, 0.6) is 0 Å². The second-order valence-electron chi connectivity index (χ2n) is 6.48. The Labute approximate surface area is 145 Å². The molecule has 130 valence electrons. The first kappa shape index (κ1) is 19.8. The van der Waals surface area contributed by atoms with Crippen molar-refractivity contribution in [3.8, 4) is 0 Å². The molecule has 2 rings (SSSR count). The van der Waals surface area contributed by atoms with Gasteiger partial charge in [-0.15, -0.1) is 12.4 Å². The number of ether oxygens (including phenoxy) is 1. The number of benzene rings is 1. The molecule has 5 heteroatoms. The molecule has 23 heavy (non-hydrogen) atoms. The molecule has 0 aromatic heterocycles. The Morgan fingerprint density at radius 2 is 2.13 bits per heavy atom. The number of para-hydroxylation sites is 1. The van der Waals surface area contributed by atoms with E-state index < -0.39 is 0 Å². The number of nitrogens with one attached hydrogen (secondary N) is 1. The minimum Gasteiger partial charge on any atom is -0.399 e. The van der Waals surface area contributed by atoms with Crippen LogP contribution < -0.4 is 11.1 Å². The average Bonchev–Trinajstić information content (AvgIpc) is 2.52. The fraction of sp³-hybridized carbons (Fsp3) is 0.611. The van der Waals surface area contributed by atoms with E-state index in [9.17, 15) is 4.79 Å². The summed E-state index contributed by atoms with van der Waals surface area (Å²) in [6.07, 6.45) is 3.65. The number of nitrogens with two attached hydrogens (primary N) is 1. The molecule has 1 amide bonds. The third kappa shape index (κ3) is 6.04. The van der Waals surface area contributed by atoms with Crippen molar-refractivity contribution >= 4 is 24.0 Å². The number of carbonyl (C=O) groups excluding carboxylic acids is 1. The van der Waals surface area contributed by atoms with E-state index in [1.165, 1.54) is 0 Å². The summed E-state index contributed by atoms with van der Waals surface area (Å²) in [7, 11) is 0. The predicted molar refractivity (Wildman–Crippen MR) is 96.7 cm³/mol. The summed E-state index contributed by atoms with van der Waals surface area (Å²) in [4.78, 5) is 12.1. The van der Waals surface area contributed by atoms with Gasteiger partial charge in [0.2, 0.25) is 5.91 Å². The zero-order chi connectivity index (χ0) is 15.9. The Kier molecular flexibility index (Phi) is 8.42. The topological polar surface area (TPSA) is 64.3 Å². The van der Waals surface area contributed by atoms with Gasteiger partial charge in [-0.25, -0.2) is 0 Å². The molecule has 1 saturated heterocycles. The van der Waals surface area contributed by atoms with Crippen LogP contribution in [0.1, 0.15) is 38.7 Å². The number of hydrogen-bond acceptors (Lipinski definition) is 3. The van der Waals surface area contributed by atoms with Gasteiger partial charge in [-0.1, -0.05) is 32.0 Å². The molecule has 0 radical (unpaired) electrons. The van der Waals surface area contributed by atoms with Crippen molar-refractivity contribution in [2.75, 3.05) is 18.9 Å². The van der Waals surface area contributed by atoms with E-state index in [-0.39, 0.29) is 24.4 Å². The number of nitrogen functional groups attached to an aromatic ring is 1. The molecule has 1 fully saturated rings. The average molecular weight is 341 g/mol. The van der Waals surface area contributed by atoms with Crippen molar-refractivity contribution in [2.45, 2.75) is 45.6 Å². The Balaban J connectivity index is 0.00000264. The molecule has 1 aromatic carbocycles. The van der Waals surface area contributed by atoms with Crippen LogP contribution in [0.3, 0.4) is 0 Å². The smallest absolute Gasteiger partial charge is 0.220 e. The molecule has 3 N–H and O–H groups in total. The van der Waals surface area contributed by atoms with Crippen LogP contribution in [0, 0.1) is 11.8 Å². The minimum atomic E-state index is 0. The number of anilines is 1. The van der Waals surface area contributed by atoms with Crippen molar-refractivity contribution in [3.63, 3.8) is 0 Å².